The molecule has 2 atom stereocenters. The van der Waals surface area contributed by atoms with Crippen molar-refractivity contribution in [2.24, 2.45) is 20.0 Å². The molecule has 3 aromatic heterocycles. The van der Waals surface area contributed by atoms with Gasteiger partial charge in [0.15, 0.2) is 11.7 Å². The number of para-hydroxylation sites is 3. The van der Waals surface area contributed by atoms with Crippen LogP contribution >= 0.6 is 0 Å². The molecule has 2 aliphatic heterocycles. The molecule has 2 N–H and O–H groups in total. The minimum atomic E-state index is -0.546. The summed E-state index contributed by atoms with van der Waals surface area (Å²) in [6, 6.07) is 98.1. The van der Waals surface area contributed by atoms with Gasteiger partial charge in [0, 0.05) is 54.7 Å². The lowest BCUT2D eigenvalue weighted by Crippen LogP contribution is -2.34. The van der Waals surface area contributed by atoms with Gasteiger partial charge in [-0.15, -0.1) is 0 Å². The van der Waals surface area contributed by atoms with Crippen molar-refractivity contribution in [3.63, 3.8) is 0 Å². The Labute approximate surface area is 488 Å². The number of hydrogen-bond acceptors (Lipinski definition) is 7. The van der Waals surface area contributed by atoms with Crippen LogP contribution in [0, 0.1) is 0 Å². The highest BCUT2D eigenvalue weighted by Gasteiger charge is 2.32. The molecule has 2 aliphatic rings. The summed E-state index contributed by atoms with van der Waals surface area (Å²) in [5, 5.41) is 16.2. The molecule has 15 aromatic rings. The lowest BCUT2D eigenvalue weighted by atomic mass is 9.97. The summed E-state index contributed by atoms with van der Waals surface area (Å²) in [5.41, 5.74) is 15.5. The fraction of sp³-hybridized carbons (Fsp3) is 0.0263. The Kier molecular flexibility index (Phi) is 11.2. The normalized spacial score (nSPS) is 15.3. The molecule has 400 valence electrons. The highest BCUT2D eigenvalue weighted by molar-refractivity contribution is 6.39. The minimum Gasteiger partial charge on any atom is -0.455 e. The van der Waals surface area contributed by atoms with Gasteiger partial charge in [-0.2, -0.15) is 0 Å². The Morgan fingerprint density at radius 3 is 1.59 bits per heavy atom. The van der Waals surface area contributed by atoms with Gasteiger partial charge in [-0.1, -0.05) is 237 Å². The molecule has 0 spiro atoms. The van der Waals surface area contributed by atoms with Crippen LogP contribution in [0.1, 0.15) is 45.7 Å². The van der Waals surface area contributed by atoms with Gasteiger partial charge in [0.05, 0.1) is 44.2 Å². The predicted octanol–water partition coefficient (Wildman–Crippen LogP) is 17.6. The first-order valence-corrected chi connectivity index (χ1v) is 28.8. The van der Waals surface area contributed by atoms with Crippen LogP contribution < -0.4 is 10.6 Å². The molecule has 9 nitrogen and oxygen atoms in total. The molecular formula is C76H50N8O. The van der Waals surface area contributed by atoms with Gasteiger partial charge in [-0.3, -0.25) is 0 Å². The summed E-state index contributed by atoms with van der Waals surface area (Å²) in [6.07, 6.45) is -0.962. The average Bonchev–Trinajstić information content (AvgIpc) is 1.69. The van der Waals surface area contributed by atoms with Gasteiger partial charge in [-0.25, -0.2) is 20.0 Å². The van der Waals surface area contributed by atoms with Crippen molar-refractivity contribution in [2.45, 2.75) is 12.3 Å². The number of nitrogens with zero attached hydrogens (tertiary/aromatic N) is 6. The molecule has 2 unspecified atom stereocenters. The zero-order valence-electron chi connectivity index (χ0n) is 45.8. The monoisotopic (exact) mass is 1090 g/mol. The molecule has 0 fully saturated rings. The van der Waals surface area contributed by atoms with E-state index in [9.17, 15) is 0 Å². The van der Waals surface area contributed by atoms with Crippen molar-refractivity contribution < 1.29 is 4.42 Å². The molecule has 0 aliphatic carbocycles. The van der Waals surface area contributed by atoms with E-state index in [1.807, 2.05) is 30.3 Å². The fourth-order valence-electron chi connectivity index (χ4n) is 13.0. The first kappa shape index (κ1) is 48.3. The molecule has 0 radical (unpaired) electrons. The second-order valence-corrected chi connectivity index (χ2v) is 21.7. The summed E-state index contributed by atoms with van der Waals surface area (Å²) in [5.74, 6) is 2.57. The van der Waals surface area contributed by atoms with Crippen molar-refractivity contribution in [2.75, 3.05) is 0 Å². The third-order valence-corrected chi connectivity index (χ3v) is 16.8. The van der Waals surface area contributed by atoms with Crippen LogP contribution in [0.25, 0.3) is 98.8 Å². The molecule has 0 amide bonds. The fourth-order valence-corrected chi connectivity index (χ4v) is 13.0. The number of fused-ring (bicyclic) bond motifs is 13. The van der Waals surface area contributed by atoms with E-state index in [1.165, 1.54) is 0 Å². The van der Waals surface area contributed by atoms with Gasteiger partial charge in [0.25, 0.3) is 0 Å². The van der Waals surface area contributed by atoms with Crippen LogP contribution in [0.15, 0.2) is 303 Å². The molecule has 5 heterocycles. The summed E-state index contributed by atoms with van der Waals surface area (Å²) < 4.78 is 12.2. The van der Waals surface area contributed by atoms with Crippen molar-refractivity contribution in [3.8, 4) is 22.5 Å². The highest BCUT2D eigenvalue weighted by Crippen LogP contribution is 2.50. The SMILES string of the molecule is c1ccc(C2=NC(c3ccc(-n4c5ccccc5c5c6oc7ccccc7c6c6c(c7ccccc7n6-c6cccc7ccccc67)c54)c(C4=NC(c5ccccc5-c5ccccc5)NC(c5ccccc5)=N4)c3)=NC(c3ccccc3)N2)cc1. The average molecular weight is 1090 g/mol. The Bertz CT molecular complexity index is 5300. The third-order valence-electron chi connectivity index (χ3n) is 16.8. The molecule has 12 aromatic carbocycles. The van der Waals surface area contributed by atoms with Crippen LogP contribution in [0.3, 0.4) is 0 Å². The molecule has 0 bridgehead atoms. The van der Waals surface area contributed by atoms with E-state index < -0.39 is 12.3 Å². The van der Waals surface area contributed by atoms with Crippen LogP contribution in [0.2, 0.25) is 0 Å². The maximum atomic E-state index is 7.30. The third kappa shape index (κ3) is 7.85. The number of benzene rings is 12. The van der Waals surface area contributed by atoms with Gasteiger partial charge in [-0.05, 0) is 64.5 Å². The molecule has 0 saturated heterocycles. The number of furan rings is 1. The number of rotatable bonds is 9. The summed E-state index contributed by atoms with van der Waals surface area (Å²) in [7, 11) is 0. The summed E-state index contributed by atoms with van der Waals surface area (Å²) in [6.45, 7) is 0. The Morgan fingerprint density at radius 2 is 0.871 bits per heavy atom. The number of aromatic nitrogens is 2. The minimum absolute atomic E-state index is 0.416. The highest BCUT2D eigenvalue weighted by atomic mass is 16.3. The first-order chi connectivity index (χ1) is 42.2. The summed E-state index contributed by atoms with van der Waals surface area (Å²) >= 11 is 0. The van der Waals surface area contributed by atoms with E-state index in [-0.39, 0.29) is 0 Å². The van der Waals surface area contributed by atoms with Gasteiger partial charge >= 0.3 is 0 Å². The lowest BCUT2D eigenvalue weighted by molar-refractivity contribution is 0.673. The first-order valence-electron chi connectivity index (χ1n) is 28.8. The standard InChI is InChI=1S/C76H50N8O/c1-5-24-47(25-6-1)53-34-15-16-36-55(53)75-80-73(51-31-11-4-12-32-51)81-76(82-75)59-46-52(74-78-71(49-27-7-2-8-28-49)77-72(79-74)50-29-9-3-10-30-50)44-45-63(59)84-62-41-21-18-38-57(62)66-68(84)65-56-37-17-20-40-61(56)83(60-42-23-33-48-26-13-14-35-54(48)60)69(65)67-58-39-19-22-43-64(58)85-70(66)67/h1-46,71,75H,(H,77,78,79)(H,80,81,82). The van der Waals surface area contributed by atoms with Gasteiger partial charge in [0.2, 0.25) is 0 Å². The molecule has 85 heavy (non-hydrogen) atoms. The number of hydrogen-bond donors (Lipinski definition) is 2. The Balaban J connectivity index is 1.01. The molecular weight excluding hydrogens is 1040 g/mol. The molecule has 0 saturated carbocycles. The Morgan fingerprint density at radius 1 is 0.353 bits per heavy atom. The largest absolute Gasteiger partial charge is 0.455 e. The van der Waals surface area contributed by atoms with Crippen molar-refractivity contribution in [1.82, 2.24) is 19.8 Å². The molecule has 17 rings (SSSR count). The van der Waals surface area contributed by atoms with Crippen molar-refractivity contribution >= 4 is 99.7 Å². The van der Waals surface area contributed by atoms with Gasteiger partial charge in [0.1, 0.15) is 35.2 Å². The number of amidine groups is 4. The second kappa shape index (κ2) is 19.6. The van der Waals surface area contributed by atoms with E-state index in [0.29, 0.717) is 17.5 Å². The molecule has 9 heteroatoms. The van der Waals surface area contributed by atoms with E-state index in [0.717, 1.165) is 138 Å². The van der Waals surface area contributed by atoms with Crippen LogP contribution in [-0.2, 0) is 0 Å². The van der Waals surface area contributed by atoms with E-state index >= 15 is 0 Å². The van der Waals surface area contributed by atoms with Crippen LogP contribution in [0.4, 0.5) is 0 Å². The Hall–Kier alpha value is -11.4. The smallest absolute Gasteiger partial charge is 0.161 e. The maximum Gasteiger partial charge on any atom is 0.161 e. The van der Waals surface area contributed by atoms with Crippen LogP contribution in [-0.4, -0.2) is 32.5 Å². The second-order valence-electron chi connectivity index (χ2n) is 21.7. The van der Waals surface area contributed by atoms with Crippen molar-refractivity contribution in [3.05, 3.63) is 312 Å². The van der Waals surface area contributed by atoms with Gasteiger partial charge < -0.3 is 24.2 Å². The van der Waals surface area contributed by atoms with E-state index in [4.69, 9.17) is 24.4 Å². The predicted molar refractivity (Wildman–Crippen MR) is 349 cm³/mol. The topological polar surface area (TPSA) is 96.5 Å². The van der Waals surface area contributed by atoms with E-state index in [2.05, 4.69) is 268 Å². The summed E-state index contributed by atoms with van der Waals surface area (Å²) in [4.78, 5) is 22.2. The van der Waals surface area contributed by atoms with Crippen LogP contribution in [0.5, 0.6) is 0 Å². The zero-order valence-corrected chi connectivity index (χ0v) is 45.8. The quantitative estimate of drug-likeness (QED) is 0.151. The maximum absolute atomic E-state index is 7.30. The zero-order chi connectivity index (χ0) is 56.0. The van der Waals surface area contributed by atoms with Crippen molar-refractivity contribution in [1.29, 1.82) is 0 Å². The number of aliphatic imine (C=N–C) groups is 4. The lowest BCUT2D eigenvalue weighted by Gasteiger charge is -2.27. The van der Waals surface area contributed by atoms with E-state index in [1.54, 1.807) is 0 Å². The number of nitrogens with one attached hydrogen (secondary N) is 2.